The molecule has 0 spiro atoms. The van der Waals surface area contributed by atoms with Gasteiger partial charge in [-0.25, -0.2) is 0 Å². The maximum absolute atomic E-state index is 12.2. The van der Waals surface area contributed by atoms with Crippen LogP contribution in [0.2, 0.25) is 0 Å². The largest absolute Gasteiger partial charge is 0.497 e. The predicted octanol–water partition coefficient (Wildman–Crippen LogP) is 3.35. The lowest BCUT2D eigenvalue weighted by atomic mass is 10.2. The topological polar surface area (TPSA) is 56.8 Å². The van der Waals surface area contributed by atoms with E-state index in [9.17, 15) is 4.79 Å². The number of aryl methyl sites for hydroxylation is 1. The first-order valence-electron chi connectivity index (χ1n) is 8.28. The van der Waals surface area contributed by atoms with Crippen molar-refractivity contribution in [3.63, 3.8) is 0 Å². The van der Waals surface area contributed by atoms with E-state index in [1.807, 2.05) is 38.1 Å². The van der Waals surface area contributed by atoms with Crippen LogP contribution in [0.3, 0.4) is 0 Å². The summed E-state index contributed by atoms with van der Waals surface area (Å²) in [6, 6.07) is 14.8. The highest BCUT2D eigenvalue weighted by molar-refractivity contribution is 5.81. The van der Waals surface area contributed by atoms with Crippen LogP contribution >= 0.6 is 0 Å². The highest BCUT2D eigenvalue weighted by Crippen LogP contribution is 2.18. The van der Waals surface area contributed by atoms with E-state index >= 15 is 0 Å². The van der Waals surface area contributed by atoms with Gasteiger partial charge < -0.3 is 19.5 Å². The number of benzene rings is 2. The number of hydrogen-bond donors (Lipinski definition) is 1. The first-order valence-corrected chi connectivity index (χ1v) is 8.28. The lowest BCUT2D eigenvalue weighted by Crippen LogP contribution is -2.43. The molecular formula is C20H25NO4. The average molecular weight is 343 g/mol. The number of nitrogens with one attached hydrogen (secondary N) is 1. The molecule has 0 fully saturated rings. The zero-order valence-electron chi connectivity index (χ0n) is 15.1. The van der Waals surface area contributed by atoms with E-state index in [1.165, 1.54) is 5.56 Å². The van der Waals surface area contributed by atoms with Crippen molar-refractivity contribution in [1.29, 1.82) is 0 Å². The second-order valence-electron chi connectivity index (χ2n) is 5.97. The molecule has 0 aliphatic rings. The number of carbonyl (C=O) groups is 1. The summed E-state index contributed by atoms with van der Waals surface area (Å²) in [5, 5.41) is 2.89. The molecule has 5 nitrogen and oxygen atoms in total. The molecule has 2 aromatic carbocycles. The zero-order chi connectivity index (χ0) is 18.2. The second-order valence-corrected chi connectivity index (χ2v) is 5.97. The van der Waals surface area contributed by atoms with Gasteiger partial charge in [-0.2, -0.15) is 0 Å². The summed E-state index contributed by atoms with van der Waals surface area (Å²) in [5.74, 6) is 1.96. The van der Waals surface area contributed by atoms with Gasteiger partial charge in [0.05, 0.1) is 13.2 Å². The minimum absolute atomic E-state index is 0.129. The quantitative estimate of drug-likeness (QED) is 0.798. The van der Waals surface area contributed by atoms with Crippen molar-refractivity contribution >= 4 is 5.91 Å². The zero-order valence-corrected chi connectivity index (χ0v) is 15.1. The molecule has 0 heterocycles. The molecule has 25 heavy (non-hydrogen) atoms. The van der Waals surface area contributed by atoms with E-state index in [-0.39, 0.29) is 11.9 Å². The van der Waals surface area contributed by atoms with Crippen molar-refractivity contribution in [3.05, 3.63) is 54.1 Å². The van der Waals surface area contributed by atoms with Gasteiger partial charge in [0.1, 0.15) is 23.9 Å². The van der Waals surface area contributed by atoms with Gasteiger partial charge in [0, 0.05) is 0 Å². The van der Waals surface area contributed by atoms with Crippen LogP contribution in [0.25, 0.3) is 0 Å². The molecule has 5 heteroatoms. The third kappa shape index (κ3) is 6.03. The van der Waals surface area contributed by atoms with Crippen LogP contribution in [0.4, 0.5) is 0 Å². The molecular weight excluding hydrogens is 318 g/mol. The Morgan fingerprint density at radius 3 is 2.12 bits per heavy atom. The molecule has 2 rings (SSSR count). The Balaban J connectivity index is 1.77. The van der Waals surface area contributed by atoms with Crippen molar-refractivity contribution in [2.75, 3.05) is 13.7 Å². The standard InChI is InChI=1S/C20H25NO4/c1-14-5-7-18(8-6-14)24-13-15(2)21-20(22)16(3)25-19-11-9-17(23-4)10-12-19/h5-12,15-16H,13H2,1-4H3,(H,21,22)/t15-,16-/m1/s1. The monoisotopic (exact) mass is 343 g/mol. The summed E-state index contributed by atoms with van der Waals surface area (Å²) < 4.78 is 16.4. The van der Waals surface area contributed by atoms with Crippen LogP contribution in [0.15, 0.2) is 48.5 Å². The second kappa shape index (κ2) is 8.97. The van der Waals surface area contributed by atoms with Crippen LogP contribution < -0.4 is 19.5 Å². The highest BCUT2D eigenvalue weighted by atomic mass is 16.5. The van der Waals surface area contributed by atoms with Gasteiger partial charge in [0.2, 0.25) is 0 Å². The van der Waals surface area contributed by atoms with Gasteiger partial charge in [0.15, 0.2) is 6.10 Å². The van der Waals surface area contributed by atoms with Crippen molar-refractivity contribution in [2.45, 2.75) is 32.9 Å². The number of rotatable bonds is 8. The van der Waals surface area contributed by atoms with Gasteiger partial charge in [-0.3, -0.25) is 4.79 Å². The fourth-order valence-electron chi connectivity index (χ4n) is 2.17. The van der Waals surface area contributed by atoms with E-state index in [0.717, 1.165) is 11.5 Å². The van der Waals surface area contributed by atoms with Crippen molar-refractivity contribution < 1.29 is 19.0 Å². The van der Waals surface area contributed by atoms with E-state index in [4.69, 9.17) is 14.2 Å². The van der Waals surface area contributed by atoms with Crippen LogP contribution in [-0.4, -0.2) is 31.8 Å². The molecule has 2 aromatic rings. The molecule has 134 valence electrons. The van der Waals surface area contributed by atoms with Gasteiger partial charge in [-0.1, -0.05) is 17.7 Å². The van der Waals surface area contributed by atoms with E-state index in [2.05, 4.69) is 5.32 Å². The third-order valence-electron chi connectivity index (χ3n) is 3.65. The number of ether oxygens (including phenoxy) is 3. The van der Waals surface area contributed by atoms with Crippen LogP contribution in [0, 0.1) is 6.92 Å². The Morgan fingerprint density at radius 1 is 0.960 bits per heavy atom. The summed E-state index contributed by atoms with van der Waals surface area (Å²) in [4.78, 5) is 12.2. The smallest absolute Gasteiger partial charge is 0.261 e. The van der Waals surface area contributed by atoms with Crippen LogP contribution in [-0.2, 0) is 4.79 Å². The fraction of sp³-hybridized carbons (Fsp3) is 0.350. The highest BCUT2D eigenvalue weighted by Gasteiger charge is 2.17. The van der Waals surface area contributed by atoms with E-state index in [1.54, 1.807) is 38.3 Å². The Morgan fingerprint density at radius 2 is 1.52 bits per heavy atom. The van der Waals surface area contributed by atoms with Gasteiger partial charge >= 0.3 is 0 Å². The molecule has 0 saturated carbocycles. The van der Waals surface area contributed by atoms with Crippen LogP contribution in [0.5, 0.6) is 17.2 Å². The molecule has 2 atom stereocenters. The Hall–Kier alpha value is -2.69. The third-order valence-corrected chi connectivity index (χ3v) is 3.65. The van der Waals surface area contributed by atoms with Crippen molar-refractivity contribution in [3.8, 4) is 17.2 Å². The van der Waals surface area contributed by atoms with E-state index in [0.29, 0.717) is 12.4 Å². The minimum atomic E-state index is -0.602. The van der Waals surface area contributed by atoms with Gasteiger partial charge in [0.25, 0.3) is 5.91 Å². The van der Waals surface area contributed by atoms with Crippen molar-refractivity contribution in [2.24, 2.45) is 0 Å². The normalized spacial score (nSPS) is 12.8. The Labute approximate surface area is 148 Å². The summed E-state index contributed by atoms with van der Waals surface area (Å²) in [6.07, 6.45) is -0.602. The molecule has 0 radical (unpaired) electrons. The fourth-order valence-corrected chi connectivity index (χ4v) is 2.17. The molecule has 0 bridgehead atoms. The molecule has 0 saturated heterocycles. The molecule has 0 unspecified atom stereocenters. The Bertz CT molecular complexity index is 667. The molecule has 0 aliphatic carbocycles. The first-order chi connectivity index (χ1) is 12.0. The molecule has 1 amide bonds. The maximum Gasteiger partial charge on any atom is 0.261 e. The summed E-state index contributed by atoms with van der Waals surface area (Å²) in [7, 11) is 1.60. The number of hydrogen-bond acceptors (Lipinski definition) is 4. The number of methoxy groups -OCH3 is 1. The number of amides is 1. The molecule has 0 aliphatic heterocycles. The first kappa shape index (κ1) is 18.6. The lowest BCUT2D eigenvalue weighted by molar-refractivity contribution is -0.128. The van der Waals surface area contributed by atoms with Crippen molar-refractivity contribution in [1.82, 2.24) is 5.32 Å². The molecule has 0 aromatic heterocycles. The Kier molecular flexibility index (Phi) is 6.69. The summed E-state index contributed by atoms with van der Waals surface area (Å²) in [5.41, 5.74) is 1.18. The average Bonchev–Trinajstić information content (AvgIpc) is 2.61. The molecule has 1 N–H and O–H groups in total. The SMILES string of the molecule is COc1ccc(O[C@H](C)C(=O)N[C@H](C)COc2ccc(C)cc2)cc1. The lowest BCUT2D eigenvalue weighted by Gasteiger charge is -2.19. The van der Waals surface area contributed by atoms with Gasteiger partial charge in [-0.05, 0) is 57.2 Å². The summed E-state index contributed by atoms with van der Waals surface area (Å²) in [6.45, 7) is 6.03. The minimum Gasteiger partial charge on any atom is -0.497 e. The van der Waals surface area contributed by atoms with Crippen LogP contribution in [0.1, 0.15) is 19.4 Å². The summed E-state index contributed by atoms with van der Waals surface area (Å²) >= 11 is 0. The number of carbonyl (C=O) groups excluding carboxylic acids is 1. The predicted molar refractivity (Wildman–Crippen MR) is 97.4 cm³/mol. The van der Waals surface area contributed by atoms with E-state index < -0.39 is 6.10 Å². The maximum atomic E-state index is 12.2. The van der Waals surface area contributed by atoms with Gasteiger partial charge in [-0.15, -0.1) is 0 Å².